The zero-order chi connectivity index (χ0) is 10.3. The Labute approximate surface area is 80.9 Å². The van der Waals surface area contributed by atoms with E-state index < -0.39 is 0 Å². The van der Waals surface area contributed by atoms with E-state index in [0.717, 1.165) is 18.4 Å². The molecule has 0 fully saturated rings. The van der Waals surface area contributed by atoms with E-state index in [2.05, 4.69) is 20.4 Å². The van der Waals surface area contributed by atoms with E-state index in [-0.39, 0.29) is 5.83 Å². The molecule has 0 aromatic carbocycles. The van der Waals surface area contributed by atoms with Crippen molar-refractivity contribution in [2.45, 2.75) is 33.6 Å². The average Bonchev–Trinajstić information content (AvgIpc) is 2.05. The number of allylic oxidation sites excluding steroid dienone is 5. The predicted octanol–water partition coefficient (Wildman–Crippen LogP) is 4.41. The normalized spacial score (nSPS) is 15.7. The summed E-state index contributed by atoms with van der Waals surface area (Å²) in [5.74, 6) is 0.307. The summed E-state index contributed by atoms with van der Waals surface area (Å²) in [6.45, 7) is 9.45. The molecule has 0 aliphatic carbocycles. The SMILES string of the molecule is C=C/C(=C\C=C(/C)F)C(C)CCC. The van der Waals surface area contributed by atoms with Gasteiger partial charge in [0.2, 0.25) is 0 Å². The molecule has 0 aromatic heterocycles. The van der Waals surface area contributed by atoms with E-state index in [0.29, 0.717) is 5.92 Å². The molecule has 0 amide bonds. The zero-order valence-corrected chi connectivity index (χ0v) is 8.81. The van der Waals surface area contributed by atoms with E-state index in [4.69, 9.17) is 0 Å². The van der Waals surface area contributed by atoms with E-state index >= 15 is 0 Å². The molecular weight excluding hydrogens is 163 g/mol. The topological polar surface area (TPSA) is 0 Å². The fourth-order valence-electron chi connectivity index (χ4n) is 1.24. The maximum absolute atomic E-state index is 12.4. The molecule has 1 unspecified atom stereocenters. The Hall–Kier alpha value is -0.850. The lowest BCUT2D eigenvalue weighted by Crippen LogP contribution is -1.95. The Kier molecular flexibility index (Phi) is 6.21. The Balaban J connectivity index is 4.40. The Bertz CT molecular complexity index is 207. The summed E-state index contributed by atoms with van der Waals surface area (Å²) in [6, 6.07) is 0. The van der Waals surface area contributed by atoms with Crippen LogP contribution >= 0.6 is 0 Å². The summed E-state index contributed by atoms with van der Waals surface area (Å²) in [7, 11) is 0. The van der Waals surface area contributed by atoms with E-state index in [9.17, 15) is 4.39 Å². The van der Waals surface area contributed by atoms with Gasteiger partial charge in [0.25, 0.3) is 0 Å². The standard InChI is InChI=1S/C12H19F/c1-5-7-10(3)12(6-2)9-8-11(4)13/h6,8-10H,2,5,7H2,1,3-4H3/b11-8+,12-9+. The summed E-state index contributed by atoms with van der Waals surface area (Å²) in [6.07, 6.45) is 7.37. The molecule has 13 heavy (non-hydrogen) atoms. The molecule has 0 nitrogen and oxygen atoms in total. The van der Waals surface area contributed by atoms with Gasteiger partial charge in [-0.1, -0.05) is 39.0 Å². The predicted molar refractivity (Wildman–Crippen MR) is 57.2 cm³/mol. The summed E-state index contributed by atoms with van der Waals surface area (Å²) >= 11 is 0. The highest BCUT2D eigenvalue weighted by atomic mass is 19.1. The van der Waals surface area contributed by atoms with Gasteiger partial charge in [0.05, 0.1) is 5.83 Å². The third-order valence-corrected chi connectivity index (χ3v) is 2.03. The maximum atomic E-state index is 12.4. The van der Waals surface area contributed by atoms with Gasteiger partial charge in [-0.2, -0.15) is 0 Å². The largest absolute Gasteiger partial charge is 0.212 e. The summed E-state index contributed by atoms with van der Waals surface area (Å²) in [4.78, 5) is 0. The van der Waals surface area contributed by atoms with Gasteiger partial charge >= 0.3 is 0 Å². The van der Waals surface area contributed by atoms with Crippen LogP contribution in [0.3, 0.4) is 0 Å². The monoisotopic (exact) mass is 182 g/mol. The van der Waals surface area contributed by atoms with Crippen LogP contribution in [-0.4, -0.2) is 0 Å². The van der Waals surface area contributed by atoms with Crippen molar-refractivity contribution in [2.24, 2.45) is 5.92 Å². The Morgan fingerprint density at radius 3 is 2.46 bits per heavy atom. The van der Waals surface area contributed by atoms with Gasteiger partial charge in [0.15, 0.2) is 0 Å². The minimum absolute atomic E-state index is 0.164. The fraction of sp³-hybridized carbons (Fsp3) is 0.500. The van der Waals surface area contributed by atoms with E-state index in [1.165, 1.54) is 13.0 Å². The zero-order valence-electron chi connectivity index (χ0n) is 8.81. The first-order chi connectivity index (χ1) is 6.11. The van der Waals surface area contributed by atoms with Crippen molar-refractivity contribution < 1.29 is 4.39 Å². The van der Waals surface area contributed by atoms with Gasteiger partial charge in [0.1, 0.15) is 0 Å². The molecule has 74 valence electrons. The van der Waals surface area contributed by atoms with E-state index in [1.54, 1.807) is 6.08 Å². The van der Waals surface area contributed by atoms with Crippen molar-refractivity contribution in [2.75, 3.05) is 0 Å². The van der Waals surface area contributed by atoms with Crippen LogP contribution < -0.4 is 0 Å². The molecule has 0 saturated carbocycles. The molecule has 0 bridgehead atoms. The second-order valence-corrected chi connectivity index (χ2v) is 3.31. The van der Waals surface area contributed by atoms with Crippen LogP contribution in [-0.2, 0) is 0 Å². The Morgan fingerprint density at radius 1 is 1.46 bits per heavy atom. The number of hydrogen-bond acceptors (Lipinski definition) is 0. The highest BCUT2D eigenvalue weighted by Crippen LogP contribution is 2.17. The smallest absolute Gasteiger partial charge is 0.0968 e. The van der Waals surface area contributed by atoms with Gasteiger partial charge < -0.3 is 0 Å². The van der Waals surface area contributed by atoms with Crippen LogP contribution in [0.4, 0.5) is 4.39 Å². The lowest BCUT2D eigenvalue weighted by Gasteiger charge is -2.10. The fourth-order valence-corrected chi connectivity index (χ4v) is 1.24. The summed E-state index contributed by atoms with van der Waals surface area (Å²) in [5, 5.41) is 0. The van der Waals surface area contributed by atoms with Crippen LogP contribution in [0.25, 0.3) is 0 Å². The molecular formula is C12H19F. The number of halogens is 1. The van der Waals surface area contributed by atoms with Crippen LogP contribution in [0.1, 0.15) is 33.6 Å². The maximum Gasteiger partial charge on any atom is 0.0968 e. The molecule has 1 heteroatoms. The third kappa shape index (κ3) is 5.40. The Morgan fingerprint density at radius 2 is 2.08 bits per heavy atom. The minimum Gasteiger partial charge on any atom is -0.212 e. The van der Waals surface area contributed by atoms with Gasteiger partial charge in [-0.3, -0.25) is 0 Å². The van der Waals surface area contributed by atoms with Crippen molar-refractivity contribution >= 4 is 0 Å². The van der Waals surface area contributed by atoms with Crippen molar-refractivity contribution in [3.8, 4) is 0 Å². The number of rotatable bonds is 5. The van der Waals surface area contributed by atoms with Gasteiger partial charge in [-0.15, -0.1) is 0 Å². The third-order valence-electron chi connectivity index (χ3n) is 2.03. The molecule has 0 N–H and O–H groups in total. The number of hydrogen-bond donors (Lipinski definition) is 0. The van der Waals surface area contributed by atoms with Crippen molar-refractivity contribution in [3.05, 3.63) is 36.2 Å². The second kappa shape index (κ2) is 6.64. The molecule has 0 aromatic rings. The molecule has 0 radical (unpaired) electrons. The summed E-state index contributed by atoms with van der Waals surface area (Å²) in [5.41, 5.74) is 1.11. The quantitative estimate of drug-likeness (QED) is 0.552. The second-order valence-electron chi connectivity index (χ2n) is 3.31. The van der Waals surface area contributed by atoms with Crippen LogP contribution in [0.15, 0.2) is 36.2 Å². The lowest BCUT2D eigenvalue weighted by atomic mass is 9.96. The van der Waals surface area contributed by atoms with Crippen LogP contribution in [0, 0.1) is 5.92 Å². The summed E-state index contributed by atoms with van der Waals surface area (Å²) < 4.78 is 12.4. The molecule has 1 atom stereocenters. The highest BCUT2D eigenvalue weighted by molar-refractivity contribution is 5.24. The molecule has 0 rings (SSSR count). The molecule has 0 heterocycles. The highest BCUT2D eigenvalue weighted by Gasteiger charge is 2.02. The average molecular weight is 182 g/mol. The van der Waals surface area contributed by atoms with Crippen molar-refractivity contribution in [3.63, 3.8) is 0 Å². The molecule has 0 saturated heterocycles. The van der Waals surface area contributed by atoms with E-state index in [1.807, 2.05) is 6.08 Å². The first-order valence-corrected chi connectivity index (χ1v) is 4.78. The molecule has 0 aliphatic heterocycles. The molecule has 0 aliphatic rings. The minimum atomic E-state index is -0.164. The first kappa shape index (κ1) is 12.2. The van der Waals surface area contributed by atoms with Gasteiger partial charge in [-0.05, 0) is 30.9 Å². The first-order valence-electron chi connectivity index (χ1n) is 4.78. The van der Waals surface area contributed by atoms with Crippen molar-refractivity contribution in [1.82, 2.24) is 0 Å². The van der Waals surface area contributed by atoms with Crippen molar-refractivity contribution in [1.29, 1.82) is 0 Å². The van der Waals surface area contributed by atoms with Crippen LogP contribution in [0.2, 0.25) is 0 Å². The lowest BCUT2D eigenvalue weighted by molar-refractivity contribution is 0.611. The van der Waals surface area contributed by atoms with Gasteiger partial charge in [-0.25, -0.2) is 4.39 Å². The molecule has 0 spiro atoms. The van der Waals surface area contributed by atoms with Crippen LogP contribution in [0.5, 0.6) is 0 Å². The van der Waals surface area contributed by atoms with Gasteiger partial charge in [0, 0.05) is 0 Å².